The van der Waals surface area contributed by atoms with E-state index >= 15 is 0 Å². The molecule has 0 radical (unpaired) electrons. The normalized spacial score (nSPS) is 35.0. The summed E-state index contributed by atoms with van der Waals surface area (Å²) in [7, 11) is 0. The minimum absolute atomic E-state index is 0.155. The fraction of sp³-hybridized carbons (Fsp3) is 0.579. The van der Waals surface area contributed by atoms with Crippen LogP contribution in [0.3, 0.4) is 0 Å². The Labute approximate surface area is 143 Å². The molecule has 0 aromatic heterocycles. The van der Waals surface area contributed by atoms with Gasteiger partial charge in [-0.25, -0.2) is 0 Å². The number of nitro groups is 1. The van der Waals surface area contributed by atoms with Crippen LogP contribution in [-0.2, 0) is 0 Å². The molecule has 0 unspecified atom stereocenters. The van der Waals surface area contributed by atoms with Gasteiger partial charge in [-0.2, -0.15) is 0 Å². The Bertz CT molecular complexity index is 605. The maximum absolute atomic E-state index is 11.1. The van der Waals surface area contributed by atoms with Gasteiger partial charge in [-0.05, 0) is 0 Å². The third-order valence-corrected chi connectivity index (χ3v) is 8.08. The van der Waals surface area contributed by atoms with Crippen molar-refractivity contribution < 1.29 is 4.92 Å². The van der Waals surface area contributed by atoms with Crippen molar-refractivity contribution in [2.24, 2.45) is 23.2 Å². The fourth-order valence-electron chi connectivity index (χ4n) is 5.55. The van der Waals surface area contributed by atoms with Crippen LogP contribution < -0.4 is 4.46 Å². The summed E-state index contributed by atoms with van der Waals surface area (Å²) < 4.78 is 0.917. The molecule has 4 saturated carbocycles. The van der Waals surface area contributed by atoms with Gasteiger partial charge in [-0.3, -0.25) is 0 Å². The average molecular weight is 376 g/mol. The number of nitrogens with zero attached hydrogens (tertiary/aromatic N) is 1. The number of hydrogen-bond acceptors (Lipinski definition) is 2. The van der Waals surface area contributed by atoms with Gasteiger partial charge < -0.3 is 0 Å². The van der Waals surface area contributed by atoms with Crippen molar-refractivity contribution in [1.29, 1.82) is 0 Å². The van der Waals surface area contributed by atoms with Crippen LogP contribution in [0.1, 0.15) is 38.5 Å². The van der Waals surface area contributed by atoms with Crippen molar-refractivity contribution in [3.63, 3.8) is 0 Å². The second-order valence-corrected chi connectivity index (χ2v) is 9.95. The van der Waals surface area contributed by atoms with E-state index in [1.54, 1.807) is 12.1 Å². The molecule has 1 aromatic carbocycles. The summed E-state index contributed by atoms with van der Waals surface area (Å²) >= 11 is 0.155. The van der Waals surface area contributed by atoms with E-state index in [4.69, 9.17) is 0 Å². The van der Waals surface area contributed by atoms with E-state index in [2.05, 4.69) is 12.2 Å². The SMILES string of the molecule is O=[N+]([O-])c1ccccc1[Se]C/C=C/C12CC3CC(CC(C3)C1)C2. The van der Waals surface area contributed by atoms with Crippen LogP contribution in [0.2, 0.25) is 5.32 Å². The van der Waals surface area contributed by atoms with E-state index in [0.29, 0.717) is 5.41 Å². The Morgan fingerprint density at radius 1 is 1.13 bits per heavy atom. The van der Waals surface area contributed by atoms with Crippen molar-refractivity contribution in [2.75, 3.05) is 0 Å². The van der Waals surface area contributed by atoms with Crippen molar-refractivity contribution >= 4 is 25.1 Å². The van der Waals surface area contributed by atoms with Crippen LogP contribution in [0.15, 0.2) is 36.4 Å². The van der Waals surface area contributed by atoms with Gasteiger partial charge in [0.1, 0.15) is 0 Å². The van der Waals surface area contributed by atoms with Gasteiger partial charge in [0.25, 0.3) is 0 Å². The Morgan fingerprint density at radius 2 is 1.74 bits per heavy atom. The van der Waals surface area contributed by atoms with Gasteiger partial charge in [0, 0.05) is 0 Å². The van der Waals surface area contributed by atoms with Gasteiger partial charge in [0.15, 0.2) is 0 Å². The van der Waals surface area contributed by atoms with Crippen LogP contribution in [0.5, 0.6) is 0 Å². The third-order valence-electron chi connectivity index (χ3n) is 5.95. The second kappa shape index (κ2) is 6.07. The van der Waals surface area contributed by atoms with E-state index in [1.165, 1.54) is 38.5 Å². The first-order chi connectivity index (χ1) is 11.1. The Hall–Kier alpha value is -1.12. The molecule has 5 rings (SSSR count). The molecule has 0 heterocycles. The van der Waals surface area contributed by atoms with Crippen molar-refractivity contribution in [3.8, 4) is 0 Å². The molecular weight excluding hydrogens is 353 g/mol. The number of nitro benzene ring substituents is 1. The summed E-state index contributed by atoms with van der Waals surface area (Å²) in [6.07, 6.45) is 13.5. The van der Waals surface area contributed by atoms with E-state index in [-0.39, 0.29) is 25.6 Å². The number of rotatable bonds is 5. The van der Waals surface area contributed by atoms with Gasteiger partial charge in [-0.1, -0.05) is 0 Å². The number of allylic oxidation sites excluding steroid dienone is 2. The topological polar surface area (TPSA) is 43.1 Å². The zero-order valence-corrected chi connectivity index (χ0v) is 15.0. The maximum atomic E-state index is 11.1. The van der Waals surface area contributed by atoms with E-state index in [1.807, 2.05) is 12.1 Å². The van der Waals surface area contributed by atoms with Crippen LogP contribution in [0.25, 0.3) is 0 Å². The quantitative estimate of drug-likeness (QED) is 0.336. The first kappa shape index (κ1) is 15.4. The molecule has 1 aromatic rings. The van der Waals surface area contributed by atoms with Gasteiger partial charge >= 0.3 is 144 Å². The molecule has 0 amide bonds. The molecule has 4 aliphatic carbocycles. The molecule has 4 fully saturated rings. The van der Waals surface area contributed by atoms with Crippen LogP contribution in [0, 0.1) is 33.3 Å². The molecule has 0 spiro atoms. The monoisotopic (exact) mass is 377 g/mol. The molecule has 4 aliphatic rings. The standard InChI is InChI=1S/C19H23NO2Se/c21-20(22)17-4-1-2-5-18(17)23-7-3-6-19-11-14-8-15(12-19)10-16(9-14)13-19/h1-6,14-16H,7-13H2/b6-3+. The Kier molecular flexibility index (Phi) is 4.06. The molecule has 0 atom stereocenters. The summed E-state index contributed by atoms with van der Waals surface area (Å²) in [6, 6.07) is 7.20. The molecule has 0 aliphatic heterocycles. The van der Waals surface area contributed by atoms with E-state index in [0.717, 1.165) is 27.5 Å². The molecule has 4 bridgehead atoms. The number of hydrogen-bond donors (Lipinski definition) is 0. The van der Waals surface area contributed by atoms with Gasteiger partial charge in [-0.15, -0.1) is 0 Å². The molecule has 3 nitrogen and oxygen atoms in total. The minimum atomic E-state index is -0.250. The summed E-state index contributed by atoms with van der Waals surface area (Å²) in [5, 5.41) is 12.1. The molecule has 0 N–H and O–H groups in total. The molecular formula is C19H23NO2Se. The van der Waals surface area contributed by atoms with Crippen molar-refractivity contribution in [3.05, 3.63) is 46.5 Å². The van der Waals surface area contributed by atoms with Crippen LogP contribution in [0.4, 0.5) is 5.69 Å². The van der Waals surface area contributed by atoms with E-state index < -0.39 is 0 Å². The third kappa shape index (κ3) is 3.11. The zero-order valence-electron chi connectivity index (χ0n) is 13.3. The fourth-order valence-corrected chi connectivity index (χ4v) is 7.30. The van der Waals surface area contributed by atoms with Crippen LogP contribution in [-0.4, -0.2) is 19.9 Å². The summed E-state index contributed by atoms with van der Waals surface area (Å²) in [5.41, 5.74) is 0.767. The first-order valence-corrected chi connectivity index (χ1v) is 10.7. The molecule has 4 heteroatoms. The predicted octanol–water partition coefficient (Wildman–Crippen LogP) is 4.12. The summed E-state index contributed by atoms with van der Waals surface area (Å²) in [5.74, 6) is 2.94. The average Bonchev–Trinajstić information content (AvgIpc) is 2.50. The van der Waals surface area contributed by atoms with E-state index in [9.17, 15) is 10.1 Å². The Balaban J connectivity index is 1.40. The van der Waals surface area contributed by atoms with Gasteiger partial charge in [0.2, 0.25) is 0 Å². The first-order valence-electron chi connectivity index (χ1n) is 8.67. The summed E-state index contributed by atoms with van der Waals surface area (Å²) in [6.45, 7) is 0. The predicted molar refractivity (Wildman–Crippen MR) is 93.0 cm³/mol. The number of benzene rings is 1. The molecule has 23 heavy (non-hydrogen) atoms. The Morgan fingerprint density at radius 3 is 2.35 bits per heavy atom. The van der Waals surface area contributed by atoms with Crippen molar-refractivity contribution in [1.82, 2.24) is 0 Å². The van der Waals surface area contributed by atoms with Crippen molar-refractivity contribution in [2.45, 2.75) is 43.8 Å². The molecule has 122 valence electrons. The zero-order chi connectivity index (χ0) is 15.9. The molecule has 0 saturated heterocycles. The second-order valence-electron chi connectivity index (χ2n) is 7.72. The summed E-state index contributed by atoms with van der Waals surface area (Å²) in [4.78, 5) is 10.8. The number of para-hydroxylation sites is 1. The van der Waals surface area contributed by atoms with Gasteiger partial charge in [0.05, 0.1) is 0 Å². The van der Waals surface area contributed by atoms with Crippen LogP contribution >= 0.6 is 0 Å².